The van der Waals surface area contributed by atoms with Gasteiger partial charge in [-0.15, -0.1) is 0 Å². The van der Waals surface area contributed by atoms with Gasteiger partial charge in [-0.25, -0.2) is 4.39 Å². The molecule has 1 aromatic rings. The Labute approximate surface area is 153 Å². The van der Waals surface area contributed by atoms with Crippen molar-refractivity contribution in [1.29, 1.82) is 0 Å². The molecule has 0 fully saturated rings. The Morgan fingerprint density at radius 2 is 1.91 bits per heavy atom. The molecule has 0 N–H and O–H groups in total. The first-order valence-corrected chi connectivity index (χ1v) is 9.18. The van der Waals surface area contributed by atoms with E-state index in [0.29, 0.717) is 5.92 Å². The van der Waals surface area contributed by atoms with Crippen molar-refractivity contribution in [3.05, 3.63) is 81.3 Å². The standard InChI is InChI=1S/C19H18Br2FN/c1-13(2)18-19(12-17(20)21,14-6-8-15(22)9-7-14)11-16-5-3-4-10-23(16)18/h3-13,18H,1-2H3. The quantitative estimate of drug-likeness (QED) is 0.559. The lowest BCUT2D eigenvalue weighted by atomic mass is 9.71. The molecule has 2 aliphatic rings. The summed E-state index contributed by atoms with van der Waals surface area (Å²) in [7, 11) is 0. The van der Waals surface area contributed by atoms with Crippen LogP contribution in [-0.2, 0) is 5.41 Å². The van der Waals surface area contributed by atoms with Gasteiger partial charge < -0.3 is 4.90 Å². The summed E-state index contributed by atoms with van der Waals surface area (Å²) in [5.41, 5.74) is 1.92. The minimum Gasteiger partial charge on any atom is -0.343 e. The summed E-state index contributed by atoms with van der Waals surface area (Å²) in [6, 6.07) is 7.05. The molecule has 0 spiro atoms. The smallest absolute Gasteiger partial charge is 0.123 e. The molecular weight excluding hydrogens is 421 g/mol. The average molecular weight is 439 g/mol. The molecule has 0 radical (unpaired) electrons. The third kappa shape index (κ3) is 2.99. The van der Waals surface area contributed by atoms with E-state index >= 15 is 0 Å². The Morgan fingerprint density at radius 3 is 2.52 bits per heavy atom. The van der Waals surface area contributed by atoms with E-state index in [1.807, 2.05) is 18.2 Å². The van der Waals surface area contributed by atoms with Crippen LogP contribution in [0.25, 0.3) is 0 Å². The van der Waals surface area contributed by atoms with E-state index in [1.165, 1.54) is 17.8 Å². The van der Waals surface area contributed by atoms with Crippen molar-refractivity contribution in [2.45, 2.75) is 25.3 Å². The summed E-state index contributed by atoms with van der Waals surface area (Å²) in [6.07, 6.45) is 12.8. The molecule has 120 valence electrons. The highest BCUT2D eigenvalue weighted by molar-refractivity contribution is 9.28. The van der Waals surface area contributed by atoms with E-state index in [4.69, 9.17) is 0 Å². The van der Waals surface area contributed by atoms with Crippen LogP contribution in [0.2, 0.25) is 0 Å². The SMILES string of the molecule is CC(C)C1N2C=CC=CC2=CC1(C=C(Br)Br)c1ccc(F)cc1. The van der Waals surface area contributed by atoms with E-state index in [9.17, 15) is 4.39 Å². The van der Waals surface area contributed by atoms with Crippen LogP contribution in [0.3, 0.4) is 0 Å². The summed E-state index contributed by atoms with van der Waals surface area (Å²) in [5, 5.41) is 0. The lowest BCUT2D eigenvalue weighted by Gasteiger charge is -2.40. The number of nitrogens with zero attached hydrogens (tertiary/aromatic N) is 1. The lowest BCUT2D eigenvalue weighted by molar-refractivity contribution is 0.242. The maximum atomic E-state index is 13.4. The molecule has 0 bridgehead atoms. The second kappa shape index (κ2) is 6.40. The summed E-state index contributed by atoms with van der Waals surface area (Å²) in [4.78, 5) is 2.31. The van der Waals surface area contributed by atoms with Gasteiger partial charge >= 0.3 is 0 Å². The summed E-state index contributed by atoms with van der Waals surface area (Å²) in [6.45, 7) is 4.45. The van der Waals surface area contributed by atoms with E-state index in [1.54, 1.807) is 0 Å². The number of hydrogen-bond acceptors (Lipinski definition) is 1. The van der Waals surface area contributed by atoms with E-state index in [2.05, 4.69) is 81.1 Å². The molecule has 2 atom stereocenters. The predicted molar refractivity (Wildman–Crippen MR) is 101 cm³/mol. The van der Waals surface area contributed by atoms with Crippen molar-refractivity contribution in [3.8, 4) is 0 Å². The Hall–Kier alpha value is -1.13. The van der Waals surface area contributed by atoms with Crippen LogP contribution >= 0.6 is 31.9 Å². The van der Waals surface area contributed by atoms with Crippen molar-refractivity contribution in [3.63, 3.8) is 0 Å². The van der Waals surface area contributed by atoms with Crippen molar-refractivity contribution >= 4 is 31.9 Å². The zero-order valence-corrected chi connectivity index (χ0v) is 16.2. The predicted octanol–water partition coefficient (Wildman–Crippen LogP) is 6.00. The first kappa shape index (κ1) is 16.7. The summed E-state index contributed by atoms with van der Waals surface area (Å²) >= 11 is 7.05. The second-order valence-electron chi connectivity index (χ2n) is 6.24. The van der Waals surface area contributed by atoms with Crippen LogP contribution in [0, 0.1) is 11.7 Å². The van der Waals surface area contributed by atoms with Gasteiger partial charge in [0, 0.05) is 11.9 Å². The molecule has 0 saturated carbocycles. The molecule has 2 unspecified atom stereocenters. The fourth-order valence-corrected chi connectivity index (χ4v) is 4.42. The van der Waals surface area contributed by atoms with Gasteiger partial charge in [-0.2, -0.15) is 0 Å². The maximum absolute atomic E-state index is 13.4. The fourth-order valence-electron chi connectivity index (χ4n) is 3.66. The summed E-state index contributed by atoms with van der Waals surface area (Å²) in [5.74, 6) is 0.190. The summed E-state index contributed by atoms with van der Waals surface area (Å²) < 4.78 is 14.3. The van der Waals surface area contributed by atoms with Crippen LogP contribution in [0.15, 0.2) is 69.9 Å². The molecule has 3 rings (SSSR count). The van der Waals surface area contributed by atoms with Crippen molar-refractivity contribution in [2.24, 2.45) is 5.92 Å². The molecule has 0 aliphatic carbocycles. The normalized spacial score (nSPS) is 25.6. The first-order chi connectivity index (χ1) is 10.9. The second-order valence-corrected chi connectivity index (χ2v) is 9.01. The monoisotopic (exact) mass is 437 g/mol. The van der Waals surface area contributed by atoms with Gasteiger partial charge in [0.05, 0.1) is 14.8 Å². The average Bonchev–Trinajstić information content (AvgIpc) is 2.81. The third-order valence-corrected chi connectivity index (χ3v) is 4.88. The number of rotatable bonds is 3. The van der Waals surface area contributed by atoms with Crippen LogP contribution in [0.4, 0.5) is 4.39 Å². The first-order valence-electron chi connectivity index (χ1n) is 7.60. The highest BCUT2D eigenvalue weighted by atomic mass is 79.9. The highest BCUT2D eigenvalue weighted by Gasteiger charge is 2.47. The minimum absolute atomic E-state index is 0.213. The van der Waals surface area contributed by atoms with Crippen molar-refractivity contribution < 1.29 is 4.39 Å². The Morgan fingerprint density at radius 1 is 1.22 bits per heavy atom. The molecule has 2 heterocycles. The lowest BCUT2D eigenvalue weighted by Crippen LogP contribution is -2.44. The Bertz CT molecular complexity index is 711. The Kier molecular flexibility index (Phi) is 4.65. The number of halogens is 3. The molecule has 4 heteroatoms. The molecule has 0 aromatic heterocycles. The topological polar surface area (TPSA) is 3.24 Å². The molecular formula is C19H18Br2FN. The maximum Gasteiger partial charge on any atom is 0.123 e. The van der Waals surface area contributed by atoms with E-state index in [0.717, 1.165) is 8.96 Å². The zero-order valence-electron chi connectivity index (χ0n) is 13.0. The van der Waals surface area contributed by atoms with Crippen molar-refractivity contribution in [1.82, 2.24) is 4.90 Å². The van der Waals surface area contributed by atoms with Crippen LogP contribution in [0.1, 0.15) is 19.4 Å². The number of benzene rings is 1. The van der Waals surface area contributed by atoms with E-state index in [-0.39, 0.29) is 17.3 Å². The third-order valence-electron chi connectivity index (χ3n) is 4.42. The number of fused-ring (bicyclic) bond motifs is 1. The van der Waals surface area contributed by atoms with Crippen LogP contribution in [-0.4, -0.2) is 10.9 Å². The molecule has 1 aromatic carbocycles. The Balaban J connectivity index is 2.23. The molecule has 0 saturated heterocycles. The minimum atomic E-state index is -0.335. The molecule has 0 amide bonds. The largest absolute Gasteiger partial charge is 0.343 e. The highest BCUT2D eigenvalue weighted by Crippen LogP contribution is 2.47. The zero-order chi connectivity index (χ0) is 16.6. The van der Waals surface area contributed by atoms with Crippen molar-refractivity contribution in [2.75, 3.05) is 0 Å². The molecule has 23 heavy (non-hydrogen) atoms. The van der Waals surface area contributed by atoms with Gasteiger partial charge in [-0.1, -0.05) is 32.1 Å². The van der Waals surface area contributed by atoms with Crippen LogP contribution in [0.5, 0.6) is 0 Å². The fraction of sp³-hybridized carbons (Fsp3) is 0.263. The van der Waals surface area contributed by atoms with Gasteiger partial charge in [0.2, 0.25) is 0 Å². The van der Waals surface area contributed by atoms with Gasteiger partial charge in [-0.05, 0) is 79.8 Å². The van der Waals surface area contributed by atoms with Gasteiger partial charge in [-0.3, -0.25) is 0 Å². The molecule has 2 aliphatic heterocycles. The number of allylic oxidation sites excluding steroid dienone is 3. The molecule has 1 nitrogen and oxygen atoms in total. The van der Waals surface area contributed by atoms with Gasteiger partial charge in [0.1, 0.15) is 5.82 Å². The number of hydrogen-bond donors (Lipinski definition) is 0. The van der Waals surface area contributed by atoms with Gasteiger partial charge in [0.15, 0.2) is 0 Å². The van der Waals surface area contributed by atoms with Crippen LogP contribution < -0.4 is 0 Å². The van der Waals surface area contributed by atoms with E-state index < -0.39 is 0 Å². The van der Waals surface area contributed by atoms with Gasteiger partial charge in [0.25, 0.3) is 0 Å².